The number of carboxylic acids is 1. The SMILES string of the molecule is COc1cc2ncnc(Nc3cc(/C=C/C(=O)O)cc(OC)c3OCc3ccccc3)c2cc1O. The zero-order valence-electron chi connectivity index (χ0n) is 19.1. The summed E-state index contributed by atoms with van der Waals surface area (Å²) in [5.41, 5.74) is 2.57. The van der Waals surface area contributed by atoms with Gasteiger partial charge < -0.3 is 29.7 Å². The van der Waals surface area contributed by atoms with E-state index in [2.05, 4.69) is 15.3 Å². The molecule has 0 saturated heterocycles. The summed E-state index contributed by atoms with van der Waals surface area (Å²) in [6.45, 7) is 0.276. The van der Waals surface area contributed by atoms with E-state index in [9.17, 15) is 9.90 Å². The molecule has 9 heteroatoms. The summed E-state index contributed by atoms with van der Waals surface area (Å²) < 4.78 is 16.9. The minimum Gasteiger partial charge on any atom is -0.504 e. The number of phenolic OH excluding ortho intramolecular Hbond substituents is 1. The van der Waals surface area contributed by atoms with Crippen molar-refractivity contribution in [2.45, 2.75) is 6.61 Å². The molecule has 0 amide bonds. The minimum atomic E-state index is -1.07. The lowest BCUT2D eigenvalue weighted by Crippen LogP contribution is -2.04. The molecule has 0 saturated carbocycles. The number of aromatic nitrogens is 2. The number of phenols is 1. The Bertz CT molecular complexity index is 1390. The van der Waals surface area contributed by atoms with Gasteiger partial charge in [-0.3, -0.25) is 0 Å². The Morgan fingerprint density at radius 3 is 2.51 bits per heavy atom. The highest BCUT2D eigenvalue weighted by molar-refractivity contribution is 5.94. The fourth-order valence-corrected chi connectivity index (χ4v) is 3.47. The molecule has 1 heterocycles. The molecule has 178 valence electrons. The van der Waals surface area contributed by atoms with Gasteiger partial charge in [-0.25, -0.2) is 14.8 Å². The third-order valence-corrected chi connectivity index (χ3v) is 5.13. The van der Waals surface area contributed by atoms with Crippen LogP contribution in [0.5, 0.6) is 23.0 Å². The zero-order chi connectivity index (χ0) is 24.8. The highest BCUT2D eigenvalue weighted by atomic mass is 16.5. The molecule has 0 atom stereocenters. The number of hydrogen-bond acceptors (Lipinski definition) is 8. The van der Waals surface area contributed by atoms with Gasteiger partial charge in [0.2, 0.25) is 0 Å². The highest BCUT2D eigenvalue weighted by Gasteiger charge is 2.17. The van der Waals surface area contributed by atoms with Gasteiger partial charge in [0.25, 0.3) is 0 Å². The number of aliphatic carboxylic acids is 1. The summed E-state index contributed by atoms with van der Waals surface area (Å²) in [5.74, 6) is 0.367. The quantitative estimate of drug-likeness (QED) is 0.295. The number of carboxylic acid groups (broad SMARTS) is 1. The molecule has 0 spiro atoms. The number of nitrogens with zero attached hydrogens (tertiary/aromatic N) is 2. The fourth-order valence-electron chi connectivity index (χ4n) is 3.47. The molecule has 3 aromatic carbocycles. The van der Waals surface area contributed by atoms with E-state index in [1.54, 1.807) is 18.2 Å². The molecule has 0 radical (unpaired) electrons. The minimum absolute atomic E-state index is 0.0610. The van der Waals surface area contributed by atoms with Gasteiger partial charge in [-0.2, -0.15) is 0 Å². The first-order valence-corrected chi connectivity index (χ1v) is 10.6. The number of hydrogen-bond donors (Lipinski definition) is 3. The molecule has 0 bridgehead atoms. The smallest absolute Gasteiger partial charge is 0.328 e. The van der Waals surface area contributed by atoms with E-state index < -0.39 is 5.97 Å². The molecule has 35 heavy (non-hydrogen) atoms. The van der Waals surface area contributed by atoms with Gasteiger partial charge in [0.05, 0.1) is 25.4 Å². The topological polar surface area (TPSA) is 123 Å². The van der Waals surface area contributed by atoms with Crippen LogP contribution in [0.15, 0.2) is 67.0 Å². The molecule has 4 rings (SSSR count). The third kappa shape index (κ3) is 5.41. The van der Waals surface area contributed by atoms with Gasteiger partial charge >= 0.3 is 5.97 Å². The zero-order valence-corrected chi connectivity index (χ0v) is 19.1. The second-order valence-electron chi connectivity index (χ2n) is 7.43. The monoisotopic (exact) mass is 473 g/mol. The van der Waals surface area contributed by atoms with Crippen LogP contribution in [0.3, 0.4) is 0 Å². The van der Waals surface area contributed by atoms with Crippen molar-refractivity contribution < 1.29 is 29.2 Å². The molecular weight excluding hydrogens is 450 g/mol. The van der Waals surface area contributed by atoms with Crippen molar-refractivity contribution in [3.05, 3.63) is 78.1 Å². The number of ether oxygens (including phenoxy) is 3. The highest BCUT2D eigenvalue weighted by Crippen LogP contribution is 2.41. The summed E-state index contributed by atoms with van der Waals surface area (Å²) >= 11 is 0. The van der Waals surface area contributed by atoms with Gasteiger partial charge in [-0.1, -0.05) is 30.3 Å². The lowest BCUT2D eigenvalue weighted by atomic mass is 10.1. The number of carbonyl (C=O) groups is 1. The maximum absolute atomic E-state index is 11.1. The Morgan fingerprint density at radius 1 is 1.03 bits per heavy atom. The molecule has 0 aliphatic carbocycles. The lowest BCUT2D eigenvalue weighted by Gasteiger charge is -2.18. The van der Waals surface area contributed by atoms with Crippen molar-refractivity contribution in [1.29, 1.82) is 0 Å². The average Bonchev–Trinajstić information content (AvgIpc) is 2.87. The Hall–Kier alpha value is -4.79. The van der Waals surface area contributed by atoms with Crippen LogP contribution in [-0.4, -0.2) is 40.4 Å². The molecule has 0 fully saturated rings. The van der Waals surface area contributed by atoms with Crippen LogP contribution >= 0.6 is 0 Å². The number of fused-ring (bicyclic) bond motifs is 1. The number of rotatable bonds is 9. The van der Waals surface area contributed by atoms with E-state index in [1.807, 2.05) is 30.3 Å². The van der Waals surface area contributed by atoms with E-state index in [4.69, 9.17) is 19.3 Å². The van der Waals surface area contributed by atoms with E-state index in [-0.39, 0.29) is 18.1 Å². The van der Waals surface area contributed by atoms with Gasteiger partial charge in [-0.05, 0) is 35.4 Å². The Kier molecular flexibility index (Phi) is 6.96. The Morgan fingerprint density at radius 2 is 1.80 bits per heavy atom. The molecule has 4 aromatic rings. The van der Waals surface area contributed by atoms with Gasteiger partial charge in [0.1, 0.15) is 18.8 Å². The normalized spacial score (nSPS) is 10.9. The standard InChI is InChI=1S/C26H23N3O6/c1-33-22-13-19-18(12-21(22)30)26(28-15-27-19)29-20-10-17(8-9-24(31)32)11-23(34-2)25(20)35-14-16-6-4-3-5-7-16/h3-13,15,30H,14H2,1-2H3,(H,31,32)(H,27,28,29)/b9-8+. The van der Waals surface area contributed by atoms with Crippen LogP contribution in [-0.2, 0) is 11.4 Å². The largest absolute Gasteiger partial charge is 0.504 e. The molecule has 1 aromatic heterocycles. The summed E-state index contributed by atoms with van der Waals surface area (Å²) in [6, 6.07) is 16.2. The maximum Gasteiger partial charge on any atom is 0.328 e. The summed E-state index contributed by atoms with van der Waals surface area (Å²) in [5, 5.41) is 23.1. The summed E-state index contributed by atoms with van der Waals surface area (Å²) in [7, 11) is 2.96. The van der Waals surface area contributed by atoms with E-state index in [0.717, 1.165) is 11.6 Å². The first-order chi connectivity index (χ1) is 17.0. The van der Waals surface area contributed by atoms with E-state index in [0.29, 0.717) is 39.5 Å². The van der Waals surface area contributed by atoms with Crippen molar-refractivity contribution in [3.8, 4) is 23.0 Å². The molecule has 0 aliphatic heterocycles. The number of benzene rings is 3. The van der Waals surface area contributed by atoms with E-state index >= 15 is 0 Å². The molecule has 0 unspecified atom stereocenters. The average molecular weight is 473 g/mol. The number of methoxy groups -OCH3 is 2. The van der Waals surface area contributed by atoms with Crippen molar-refractivity contribution in [1.82, 2.24) is 9.97 Å². The van der Waals surface area contributed by atoms with Crippen LogP contribution in [0.2, 0.25) is 0 Å². The molecule has 0 aliphatic rings. The Labute approximate surface area is 201 Å². The van der Waals surface area contributed by atoms with Crippen molar-refractivity contribution in [2.75, 3.05) is 19.5 Å². The van der Waals surface area contributed by atoms with Crippen molar-refractivity contribution in [2.24, 2.45) is 0 Å². The summed E-state index contributed by atoms with van der Waals surface area (Å²) in [4.78, 5) is 19.6. The van der Waals surface area contributed by atoms with Gasteiger partial charge in [0, 0.05) is 17.5 Å². The second-order valence-corrected chi connectivity index (χ2v) is 7.43. The van der Waals surface area contributed by atoms with Gasteiger partial charge in [0.15, 0.2) is 23.0 Å². The van der Waals surface area contributed by atoms with E-state index in [1.165, 1.54) is 32.7 Å². The fraction of sp³-hybridized carbons (Fsp3) is 0.115. The van der Waals surface area contributed by atoms with Crippen LogP contribution in [0, 0.1) is 0 Å². The third-order valence-electron chi connectivity index (χ3n) is 5.13. The van der Waals surface area contributed by atoms with Crippen LogP contribution < -0.4 is 19.5 Å². The molecule has 9 nitrogen and oxygen atoms in total. The number of nitrogens with one attached hydrogen (secondary N) is 1. The van der Waals surface area contributed by atoms with Crippen LogP contribution in [0.25, 0.3) is 17.0 Å². The predicted molar refractivity (Wildman–Crippen MR) is 131 cm³/mol. The Balaban J connectivity index is 1.80. The van der Waals surface area contributed by atoms with Crippen LogP contribution in [0.4, 0.5) is 11.5 Å². The second kappa shape index (κ2) is 10.4. The predicted octanol–water partition coefficient (Wildman–Crippen LogP) is 4.77. The molecular formula is C26H23N3O6. The maximum atomic E-state index is 11.1. The summed E-state index contributed by atoms with van der Waals surface area (Å²) in [6.07, 6.45) is 3.87. The van der Waals surface area contributed by atoms with Crippen molar-refractivity contribution in [3.63, 3.8) is 0 Å². The number of aromatic hydroxyl groups is 1. The first-order valence-electron chi connectivity index (χ1n) is 10.6. The van der Waals surface area contributed by atoms with Gasteiger partial charge in [-0.15, -0.1) is 0 Å². The number of anilines is 2. The first kappa shape index (κ1) is 23.4. The van der Waals surface area contributed by atoms with Crippen LogP contribution in [0.1, 0.15) is 11.1 Å². The van der Waals surface area contributed by atoms with Crippen molar-refractivity contribution >= 4 is 34.5 Å². The lowest BCUT2D eigenvalue weighted by molar-refractivity contribution is -0.131. The molecule has 3 N–H and O–H groups in total.